The zero-order valence-corrected chi connectivity index (χ0v) is 10.6. The second kappa shape index (κ2) is 3.96. The minimum Gasteiger partial charge on any atom is -0.137 e. The third-order valence-electron chi connectivity index (χ3n) is 2.49. The first-order valence-electron chi connectivity index (χ1n) is 4.82. The van der Waals surface area contributed by atoms with E-state index in [0.717, 1.165) is 15.0 Å². The van der Waals surface area contributed by atoms with E-state index >= 15 is 0 Å². The van der Waals surface area contributed by atoms with Crippen LogP contribution < -0.4 is 0 Å². The second-order valence-corrected chi connectivity index (χ2v) is 5.49. The summed E-state index contributed by atoms with van der Waals surface area (Å²) in [5.74, 6) is 0. The van der Waals surface area contributed by atoms with Crippen molar-refractivity contribution in [1.82, 2.24) is 9.59 Å². The summed E-state index contributed by atoms with van der Waals surface area (Å²) in [7, 11) is 0. The normalized spacial score (nSPS) is 10.8. The third-order valence-corrected chi connectivity index (χ3v) is 3.82. The molecule has 0 N–H and O–H groups in total. The van der Waals surface area contributed by atoms with Crippen LogP contribution in [0.25, 0.3) is 22.0 Å². The molecule has 0 atom stereocenters. The van der Waals surface area contributed by atoms with Crippen LogP contribution in [0, 0.1) is 0 Å². The number of hydrogen-bond acceptors (Lipinski definition) is 3. The Morgan fingerprint density at radius 2 is 1.81 bits per heavy atom. The number of nitrogens with zero attached hydrogens (tertiary/aromatic N) is 2. The van der Waals surface area contributed by atoms with Crippen LogP contribution in [-0.4, -0.2) is 9.59 Å². The van der Waals surface area contributed by atoms with Gasteiger partial charge in [-0.15, -0.1) is 5.10 Å². The molecule has 78 valence electrons. The Morgan fingerprint density at radius 3 is 2.62 bits per heavy atom. The average Bonchev–Trinajstić information content (AvgIpc) is 2.75. The van der Waals surface area contributed by atoms with Gasteiger partial charge in [0.1, 0.15) is 9.48 Å². The SMILES string of the molecule is Brc1snnc1-c1cccc2ccccc12. The van der Waals surface area contributed by atoms with Crippen LogP contribution in [0.5, 0.6) is 0 Å². The highest BCUT2D eigenvalue weighted by atomic mass is 79.9. The molecule has 2 nitrogen and oxygen atoms in total. The summed E-state index contributed by atoms with van der Waals surface area (Å²) in [5, 5.41) is 6.59. The van der Waals surface area contributed by atoms with Crippen LogP contribution >= 0.6 is 27.5 Å². The van der Waals surface area contributed by atoms with Crippen molar-refractivity contribution in [3.8, 4) is 11.3 Å². The van der Waals surface area contributed by atoms with E-state index in [9.17, 15) is 0 Å². The van der Waals surface area contributed by atoms with Gasteiger partial charge in [-0.2, -0.15) is 0 Å². The Bertz CT molecular complexity index is 643. The molecule has 0 spiro atoms. The number of fused-ring (bicyclic) bond motifs is 1. The zero-order valence-electron chi connectivity index (χ0n) is 8.22. The molecule has 0 unspecified atom stereocenters. The maximum absolute atomic E-state index is 4.16. The highest BCUT2D eigenvalue weighted by molar-refractivity contribution is 9.11. The second-order valence-electron chi connectivity index (χ2n) is 3.42. The molecule has 0 aliphatic rings. The monoisotopic (exact) mass is 290 g/mol. The fourth-order valence-corrected chi connectivity index (χ4v) is 2.69. The minimum absolute atomic E-state index is 0.918. The average molecular weight is 291 g/mol. The highest BCUT2D eigenvalue weighted by Crippen LogP contribution is 2.33. The van der Waals surface area contributed by atoms with Gasteiger partial charge in [0.05, 0.1) is 0 Å². The molecular formula is C12H7BrN2S. The summed E-state index contributed by atoms with van der Waals surface area (Å²) in [5.41, 5.74) is 2.04. The van der Waals surface area contributed by atoms with E-state index in [0.29, 0.717) is 0 Å². The Morgan fingerprint density at radius 1 is 1.00 bits per heavy atom. The molecule has 0 radical (unpaired) electrons. The molecule has 0 saturated carbocycles. The lowest BCUT2D eigenvalue weighted by molar-refractivity contribution is 1.16. The number of rotatable bonds is 1. The number of hydrogen-bond donors (Lipinski definition) is 0. The van der Waals surface area contributed by atoms with E-state index in [2.05, 4.69) is 49.8 Å². The lowest BCUT2D eigenvalue weighted by atomic mass is 10.0. The van der Waals surface area contributed by atoms with Gasteiger partial charge in [-0.25, -0.2) is 0 Å². The number of halogens is 1. The highest BCUT2D eigenvalue weighted by Gasteiger charge is 2.10. The van der Waals surface area contributed by atoms with Gasteiger partial charge in [0.25, 0.3) is 0 Å². The van der Waals surface area contributed by atoms with Crippen molar-refractivity contribution >= 4 is 38.2 Å². The molecular weight excluding hydrogens is 284 g/mol. The topological polar surface area (TPSA) is 25.8 Å². The van der Waals surface area contributed by atoms with Gasteiger partial charge in [0.15, 0.2) is 0 Å². The molecule has 0 saturated heterocycles. The van der Waals surface area contributed by atoms with Crippen LogP contribution in [0.15, 0.2) is 46.3 Å². The molecule has 1 aromatic heterocycles. The predicted octanol–water partition coefficient (Wildman–Crippen LogP) is 4.12. The van der Waals surface area contributed by atoms with E-state index < -0.39 is 0 Å². The molecule has 16 heavy (non-hydrogen) atoms. The van der Waals surface area contributed by atoms with Crippen LogP contribution in [-0.2, 0) is 0 Å². The zero-order chi connectivity index (χ0) is 11.0. The van der Waals surface area contributed by atoms with Crippen molar-refractivity contribution in [1.29, 1.82) is 0 Å². The molecule has 2 aromatic carbocycles. The van der Waals surface area contributed by atoms with Crippen molar-refractivity contribution in [3.63, 3.8) is 0 Å². The molecule has 0 aliphatic heterocycles. The number of aromatic nitrogens is 2. The third kappa shape index (κ3) is 1.54. The van der Waals surface area contributed by atoms with Crippen LogP contribution in [0.2, 0.25) is 0 Å². The van der Waals surface area contributed by atoms with E-state index in [1.54, 1.807) is 0 Å². The fourth-order valence-electron chi connectivity index (χ4n) is 1.77. The van der Waals surface area contributed by atoms with Crippen molar-refractivity contribution in [2.45, 2.75) is 0 Å². The maximum Gasteiger partial charge on any atom is 0.120 e. The van der Waals surface area contributed by atoms with Gasteiger partial charge in [-0.3, -0.25) is 0 Å². The maximum atomic E-state index is 4.16. The van der Waals surface area contributed by atoms with Crippen molar-refractivity contribution in [2.75, 3.05) is 0 Å². The summed E-state index contributed by atoms with van der Waals surface area (Å²) in [6.45, 7) is 0. The first-order chi connectivity index (χ1) is 7.86. The Balaban J connectivity index is 2.36. The molecule has 4 heteroatoms. The quantitative estimate of drug-likeness (QED) is 0.674. The summed E-state index contributed by atoms with van der Waals surface area (Å²) in [4.78, 5) is 0. The van der Waals surface area contributed by atoms with E-state index in [4.69, 9.17) is 0 Å². The van der Waals surface area contributed by atoms with E-state index in [-0.39, 0.29) is 0 Å². The lowest BCUT2D eigenvalue weighted by Gasteiger charge is -2.03. The number of benzene rings is 2. The Hall–Kier alpha value is -1.26. The molecule has 0 amide bonds. The van der Waals surface area contributed by atoms with Crippen molar-refractivity contribution in [2.24, 2.45) is 0 Å². The van der Waals surface area contributed by atoms with Crippen molar-refractivity contribution in [3.05, 3.63) is 46.3 Å². The smallest absolute Gasteiger partial charge is 0.120 e. The Labute approximate surface area is 105 Å². The van der Waals surface area contributed by atoms with Gasteiger partial charge >= 0.3 is 0 Å². The fraction of sp³-hybridized carbons (Fsp3) is 0. The first kappa shape index (κ1) is 9.93. The van der Waals surface area contributed by atoms with Gasteiger partial charge in [-0.1, -0.05) is 47.0 Å². The minimum atomic E-state index is 0.918. The lowest BCUT2D eigenvalue weighted by Crippen LogP contribution is -1.82. The van der Waals surface area contributed by atoms with Gasteiger partial charge in [0, 0.05) is 5.56 Å². The summed E-state index contributed by atoms with van der Waals surface area (Å²) in [6, 6.07) is 14.5. The molecule has 3 aromatic rings. The molecule has 0 bridgehead atoms. The molecule has 0 aliphatic carbocycles. The predicted molar refractivity (Wildman–Crippen MR) is 70.6 cm³/mol. The Kier molecular flexibility index (Phi) is 2.46. The standard InChI is InChI=1S/C12H7BrN2S/c13-12-11(14-15-16-12)10-7-3-5-8-4-1-2-6-9(8)10/h1-7H. The summed E-state index contributed by atoms with van der Waals surface area (Å²) >= 11 is 4.85. The molecule has 1 heterocycles. The summed E-state index contributed by atoms with van der Waals surface area (Å²) in [6.07, 6.45) is 0. The van der Waals surface area contributed by atoms with Crippen LogP contribution in [0.1, 0.15) is 0 Å². The molecule has 0 fully saturated rings. The van der Waals surface area contributed by atoms with Crippen LogP contribution in [0.3, 0.4) is 0 Å². The van der Waals surface area contributed by atoms with Gasteiger partial charge in [0.2, 0.25) is 0 Å². The van der Waals surface area contributed by atoms with Gasteiger partial charge in [-0.05, 0) is 38.2 Å². The van der Waals surface area contributed by atoms with Gasteiger partial charge < -0.3 is 0 Å². The largest absolute Gasteiger partial charge is 0.137 e. The molecule has 3 rings (SSSR count). The summed E-state index contributed by atoms with van der Waals surface area (Å²) < 4.78 is 4.93. The first-order valence-corrected chi connectivity index (χ1v) is 6.39. The van der Waals surface area contributed by atoms with Crippen LogP contribution in [0.4, 0.5) is 0 Å². The van der Waals surface area contributed by atoms with Crippen molar-refractivity contribution < 1.29 is 0 Å². The van der Waals surface area contributed by atoms with E-state index in [1.165, 1.54) is 22.3 Å². The van der Waals surface area contributed by atoms with E-state index in [1.807, 2.05) is 18.2 Å².